The van der Waals surface area contributed by atoms with Crippen molar-refractivity contribution < 1.29 is 14.4 Å². The minimum absolute atomic E-state index is 0.0980. The van der Waals surface area contributed by atoms with Crippen molar-refractivity contribution in [2.45, 2.75) is 40.0 Å². The average molecular weight is 459 g/mol. The van der Waals surface area contributed by atoms with Crippen molar-refractivity contribution in [3.8, 4) is 0 Å². The third-order valence-corrected chi connectivity index (χ3v) is 7.97. The van der Waals surface area contributed by atoms with E-state index < -0.39 is 11.4 Å². The maximum absolute atomic E-state index is 13.5. The summed E-state index contributed by atoms with van der Waals surface area (Å²) in [4.78, 5) is 31.2. The molecule has 2 bridgehead atoms. The summed E-state index contributed by atoms with van der Waals surface area (Å²) in [6.45, 7) is 6.28. The van der Waals surface area contributed by atoms with E-state index in [-0.39, 0.29) is 16.7 Å². The lowest BCUT2D eigenvalue weighted by atomic mass is 9.64. The number of nitrogens with zero attached hydrogens (tertiary/aromatic N) is 1. The number of nitrogens with one attached hydrogen (secondary N) is 1. The third-order valence-electron chi connectivity index (χ3n) is 7.54. The van der Waals surface area contributed by atoms with Crippen molar-refractivity contribution >= 4 is 46.5 Å². The number of hydrogen-bond donors (Lipinski definition) is 1. The predicted octanol–water partition coefficient (Wildman–Crippen LogP) is 6.36. The zero-order valence-electron chi connectivity index (χ0n) is 17.7. The Bertz CT molecular complexity index is 1060. The quantitative estimate of drug-likeness (QED) is 0.427. The molecule has 2 fully saturated rings. The van der Waals surface area contributed by atoms with Crippen LogP contribution in [-0.4, -0.2) is 17.6 Å². The molecule has 2 saturated carbocycles. The van der Waals surface area contributed by atoms with Gasteiger partial charge in [0.05, 0.1) is 16.7 Å². The molecule has 2 aliphatic rings. The first-order chi connectivity index (χ1) is 14.6. The molecule has 31 heavy (non-hydrogen) atoms. The zero-order chi connectivity index (χ0) is 22.4. The van der Waals surface area contributed by atoms with Gasteiger partial charge in [-0.05, 0) is 48.6 Å². The van der Waals surface area contributed by atoms with E-state index >= 15 is 0 Å². The van der Waals surface area contributed by atoms with Crippen molar-refractivity contribution in [2.75, 3.05) is 5.32 Å². The fourth-order valence-electron chi connectivity index (χ4n) is 5.12. The smallest absolute Gasteiger partial charge is 0.325 e. The van der Waals surface area contributed by atoms with Crippen LogP contribution >= 0.6 is 23.2 Å². The van der Waals surface area contributed by atoms with Crippen LogP contribution in [0.25, 0.3) is 0 Å². The number of fused-ring (bicyclic) bond motifs is 2. The lowest BCUT2D eigenvalue weighted by Gasteiger charge is -2.39. The van der Waals surface area contributed by atoms with Crippen molar-refractivity contribution in [1.82, 2.24) is 0 Å². The van der Waals surface area contributed by atoms with Crippen LogP contribution in [0.1, 0.15) is 50.4 Å². The van der Waals surface area contributed by atoms with Crippen LogP contribution in [0, 0.1) is 16.2 Å². The second kappa shape index (κ2) is 7.64. The first-order valence-electron chi connectivity index (χ1n) is 10.2. The molecule has 1 amide bonds. The van der Waals surface area contributed by atoms with E-state index in [2.05, 4.69) is 31.2 Å². The number of carbonyl (C=O) groups is 2. The molecule has 2 unspecified atom stereocenters. The lowest BCUT2D eigenvalue weighted by molar-refractivity contribution is -0.130. The van der Waals surface area contributed by atoms with Crippen molar-refractivity contribution in [3.05, 3.63) is 64.1 Å². The van der Waals surface area contributed by atoms with Crippen molar-refractivity contribution in [3.63, 3.8) is 0 Å². The van der Waals surface area contributed by atoms with Crippen LogP contribution < -0.4 is 5.32 Å². The summed E-state index contributed by atoms with van der Waals surface area (Å²) >= 11 is 12.2. The number of rotatable bonds is 4. The van der Waals surface area contributed by atoms with E-state index in [0.717, 1.165) is 18.6 Å². The second-order valence-corrected chi connectivity index (χ2v) is 9.98. The summed E-state index contributed by atoms with van der Waals surface area (Å²) in [6.07, 6.45) is 1.94. The fraction of sp³-hybridized carbons (Fsp3) is 0.375. The Kier molecular flexibility index (Phi) is 5.39. The van der Waals surface area contributed by atoms with E-state index in [0.29, 0.717) is 27.7 Å². The highest BCUT2D eigenvalue weighted by Gasteiger charge is 2.71. The van der Waals surface area contributed by atoms with E-state index in [4.69, 9.17) is 28.0 Å². The monoisotopic (exact) mass is 458 g/mol. The first-order valence-corrected chi connectivity index (χ1v) is 11.0. The van der Waals surface area contributed by atoms with Gasteiger partial charge in [0.25, 0.3) is 0 Å². The van der Waals surface area contributed by atoms with Gasteiger partial charge in [-0.3, -0.25) is 4.79 Å². The highest BCUT2D eigenvalue weighted by atomic mass is 35.5. The minimum atomic E-state index is -0.672. The number of benzene rings is 2. The predicted molar refractivity (Wildman–Crippen MR) is 123 cm³/mol. The SMILES string of the molecule is CC12CCC(C(=O)Nc3cc(Cl)cc(Cl)c3)(C/C1=N/OC(=O)c1ccccc1)C2(C)C. The summed E-state index contributed by atoms with van der Waals surface area (Å²) in [5.41, 5.74) is 0.325. The van der Waals surface area contributed by atoms with Crippen LogP contribution in [0.15, 0.2) is 53.7 Å². The molecular formula is C24H24Cl2N2O3. The molecule has 0 aliphatic heterocycles. The van der Waals surface area contributed by atoms with Gasteiger partial charge >= 0.3 is 5.97 Å². The minimum Gasteiger partial charge on any atom is -0.325 e. The number of halogens is 2. The van der Waals surface area contributed by atoms with Gasteiger partial charge in [-0.25, -0.2) is 4.79 Å². The van der Waals surface area contributed by atoms with E-state index in [1.807, 2.05) is 6.07 Å². The molecule has 0 heterocycles. The molecule has 0 spiro atoms. The largest absolute Gasteiger partial charge is 0.365 e. The molecule has 7 heteroatoms. The van der Waals surface area contributed by atoms with Crippen LogP contribution in [0.3, 0.4) is 0 Å². The van der Waals surface area contributed by atoms with Crippen LogP contribution in [0.5, 0.6) is 0 Å². The van der Waals surface area contributed by atoms with Gasteiger partial charge in [-0.1, -0.05) is 67.3 Å². The van der Waals surface area contributed by atoms with Gasteiger partial charge < -0.3 is 10.2 Å². The van der Waals surface area contributed by atoms with Gasteiger partial charge in [-0.2, -0.15) is 0 Å². The Labute approximate surface area is 191 Å². The highest BCUT2D eigenvalue weighted by molar-refractivity contribution is 6.35. The normalized spacial score (nSPS) is 27.3. The van der Waals surface area contributed by atoms with Crippen LogP contribution in [-0.2, 0) is 9.63 Å². The molecule has 0 saturated heterocycles. The van der Waals surface area contributed by atoms with Gasteiger partial charge in [0.2, 0.25) is 5.91 Å². The number of carbonyl (C=O) groups excluding carboxylic acids is 2. The maximum Gasteiger partial charge on any atom is 0.365 e. The molecule has 5 nitrogen and oxygen atoms in total. The number of oxime groups is 1. The molecule has 2 aromatic carbocycles. The molecule has 2 aromatic rings. The molecular weight excluding hydrogens is 435 g/mol. The van der Waals surface area contributed by atoms with Crippen molar-refractivity contribution in [2.24, 2.45) is 21.4 Å². The Balaban J connectivity index is 1.60. The number of amides is 1. The average Bonchev–Trinajstić information content (AvgIpc) is 3.02. The van der Waals surface area contributed by atoms with Gasteiger partial charge in [0.1, 0.15) is 0 Å². The topological polar surface area (TPSA) is 67.8 Å². The maximum atomic E-state index is 13.5. The van der Waals surface area contributed by atoms with Crippen LogP contribution in [0.2, 0.25) is 10.0 Å². The van der Waals surface area contributed by atoms with Crippen LogP contribution in [0.4, 0.5) is 5.69 Å². The second-order valence-electron chi connectivity index (χ2n) is 9.11. The fourth-order valence-corrected chi connectivity index (χ4v) is 5.65. The summed E-state index contributed by atoms with van der Waals surface area (Å²) < 4.78 is 0. The Morgan fingerprint density at radius 1 is 1.00 bits per heavy atom. The molecule has 4 rings (SSSR count). The number of anilines is 1. The molecule has 2 atom stereocenters. The van der Waals surface area contributed by atoms with Crippen molar-refractivity contribution in [1.29, 1.82) is 0 Å². The Morgan fingerprint density at radius 2 is 1.65 bits per heavy atom. The third kappa shape index (κ3) is 3.44. The van der Waals surface area contributed by atoms with Gasteiger partial charge in [0, 0.05) is 27.6 Å². The summed E-state index contributed by atoms with van der Waals surface area (Å²) in [5.74, 6) is -0.608. The highest BCUT2D eigenvalue weighted by Crippen LogP contribution is 2.71. The molecule has 2 aliphatic carbocycles. The molecule has 162 valence electrons. The molecule has 1 N–H and O–H groups in total. The van der Waals surface area contributed by atoms with E-state index in [1.165, 1.54) is 0 Å². The zero-order valence-corrected chi connectivity index (χ0v) is 19.2. The Morgan fingerprint density at radius 3 is 2.29 bits per heavy atom. The Hall–Kier alpha value is -2.37. The van der Waals surface area contributed by atoms with Gasteiger partial charge in [-0.15, -0.1) is 0 Å². The van der Waals surface area contributed by atoms with Gasteiger partial charge in [0.15, 0.2) is 0 Å². The molecule has 0 radical (unpaired) electrons. The lowest BCUT2D eigenvalue weighted by Crippen LogP contribution is -2.43. The number of hydrogen-bond acceptors (Lipinski definition) is 4. The van der Waals surface area contributed by atoms with E-state index in [1.54, 1.807) is 42.5 Å². The first kappa shape index (κ1) is 21.8. The summed E-state index contributed by atoms with van der Waals surface area (Å²) in [5, 5.41) is 8.17. The van der Waals surface area contributed by atoms with E-state index in [9.17, 15) is 9.59 Å². The summed E-state index contributed by atoms with van der Waals surface area (Å²) in [6, 6.07) is 13.7. The summed E-state index contributed by atoms with van der Waals surface area (Å²) in [7, 11) is 0. The standard InChI is InChI=1S/C24H24Cl2N2O3/c1-22(2)23(3)9-10-24(22,21(30)27-18-12-16(25)11-17(26)13-18)14-19(23)28-31-20(29)15-7-5-4-6-8-15/h4-8,11-13H,9-10,14H2,1-3H3,(H,27,30)/b28-19-. The molecule has 0 aromatic heterocycles.